The fourth-order valence-electron chi connectivity index (χ4n) is 3.69. The molecule has 0 bridgehead atoms. The lowest BCUT2D eigenvalue weighted by Gasteiger charge is -2.16. The van der Waals surface area contributed by atoms with Crippen LogP contribution in [-0.4, -0.2) is 19.7 Å². The van der Waals surface area contributed by atoms with Crippen LogP contribution in [0.1, 0.15) is 36.5 Å². The van der Waals surface area contributed by atoms with E-state index in [1.165, 1.54) is 31.4 Å². The SMILES string of the molecule is CCOC(=O)CCc1cc(OC)ccc1-c1ccc(-c2cccc(C(F)(F)F)c2)c(C(F)F)c1. The lowest BCUT2D eigenvalue weighted by molar-refractivity contribution is -0.143. The number of hydrogen-bond acceptors (Lipinski definition) is 3. The number of benzene rings is 3. The van der Waals surface area contributed by atoms with Gasteiger partial charge in [-0.25, -0.2) is 8.78 Å². The Kier molecular flexibility index (Phi) is 7.91. The van der Waals surface area contributed by atoms with Crippen molar-refractivity contribution < 1.29 is 36.2 Å². The molecular formula is C26H23F5O3. The van der Waals surface area contributed by atoms with Gasteiger partial charge in [0.2, 0.25) is 0 Å². The van der Waals surface area contributed by atoms with Crippen molar-refractivity contribution in [3.63, 3.8) is 0 Å². The Balaban J connectivity index is 2.05. The van der Waals surface area contributed by atoms with Gasteiger partial charge in [0.15, 0.2) is 0 Å². The zero-order chi connectivity index (χ0) is 24.9. The largest absolute Gasteiger partial charge is 0.497 e. The van der Waals surface area contributed by atoms with Crippen LogP contribution in [0.25, 0.3) is 22.3 Å². The van der Waals surface area contributed by atoms with Crippen molar-refractivity contribution in [3.05, 3.63) is 77.4 Å². The molecule has 3 aromatic carbocycles. The van der Waals surface area contributed by atoms with Crippen molar-refractivity contribution in [2.45, 2.75) is 32.4 Å². The van der Waals surface area contributed by atoms with Crippen molar-refractivity contribution >= 4 is 5.97 Å². The Morgan fingerprint density at radius 3 is 2.29 bits per heavy atom. The summed E-state index contributed by atoms with van der Waals surface area (Å²) in [6, 6.07) is 13.7. The molecule has 3 aromatic rings. The maximum absolute atomic E-state index is 14.0. The highest BCUT2D eigenvalue weighted by Crippen LogP contribution is 2.38. The summed E-state index contributed by atoms with van der Waals surface area (Å²) in [5, 5.41) is 0. The molecule has 8 heteroatoms. The Labute approximate surface area is 194 Å². The van der Waals surface area contributed by atoms with Crippen LogP contribution in [0.15, 0.2) is 60.7 Å². The molecule has 3 nitrogen and oxygen atoms in total. The van der Waals surface area contributed by atoms with E-state index in [0.29, 0.717) is 28.9 Å². The van der Waals surface area contributed by atoms with Crippen LogP contribution >= 0.6 is 0 Å². The van der Waals surface area contributed by atoms with Crippen molar-refractivity contribution in [1.82, 2.24) is 0 Å². The number of esters is 1. The second-order valence-electron chi connectivity index (χ2n) is 7.51. The van der Waals surface area contributed by atoms with Gasteiger partial charge in [0, 0.05) is 12.0 Å². The van der Waals surface area contributed by atoms with E-state index < -0.39 is 18.2 Å². The van der Waals surface area contributed by atoms with Crippen LogP contribution in [0.5, 0.6) is 5.75 Å². The first kappa shape index (κ1) is 25.2. The average molecular weight is 478 g/mol. The van der Waals surface area contributed by atoms with Crippen molar-refractivity contribution in [2.24, 2.45) is 0 Å². The Hall–Kier alpha value is -3.42. The van der Waals surface area contributed by atoms with Crippen LogP contribution in [0.2, 0.25) is 0 Å². The molecule has 0 N–H and O–H groups in total. The van der Waals surface area contributed by atoms with Gasteiger partial charge in [0.1, 0.15) is 5.75 Å². The molecule has 0 aliphatic heterocycles. The molecule has 0 aromatic heterocycles. The lowest BCUT2D eigenvalue weighted by atomic mass is 9.91. The van der Waals surface area contributed by atoms with Gasteiger partial charge in [0.05, 0.1) is 19.3 Å². The summed E-state index contributed by atoms with van der Waals surface area (Å²) in [7, 11) is 1.49. The second kappa shape index (κ2) is 10.7. The molecule has 0 atom stereocenters. The minimum Gasteiger partial charge on any atom is -0.497 e. The third-order valence-corrected chi connectivity index (χ3v) is 5.31. The molecule has 0 unspecified atom stereocenters. The highest BCUT2D eigenvalue weighted by atomic mass is 19.4. The summed E-state index contributed by atoms with van der Waals surface area (Å²) in [5.74, 6) is 0.154. The fraction of sp³-hybridized carbons (Fsp3) is 0.269. The summed E-state index contributed by atoms with van der Waals surface area (Å²) in [5.41, 5.74) is 0.532. The normalized spacial score (nSPS) is 11.5. The van der Waals surface area contributed by atoms with E-state index in [-0.39, 0.29) is 35.7 Å². The summed E-state index contributed by atoms with van der Waals surface area (Å²) in [6.45, 7) is 1.95. The van der Waals surface area contributed by atoms with E-state index in [2.05, 4.69) is 0 Å². The third-order valence-electron chi connectivity index (χ3n) is 5.31. The van der Waals surface area contributed by atoms with Gasteiger partial charge in [-0.05, 0) is 71.5 Å². The first-order chi connectivity index (χ1) is 16.1. The number of hydrogen-bond donors (Lipinski definition) is 0. The molecule has 180 valence electrons. The summed E-state index contributed by atoms with van der Waals surface area (Å²) in [6.07, 6.45) is -7.11. The smallest absolute Gasteiger partial charge is 0.416 e. The van der Waals surface area contributed by atoms with Crippen LogP contribution in [0.4, 0.5) is 22.0 Å². The molecule has 0 amide bonds. The molecular weight excluding hydrogens is 455 g/mol. The van der Waals surface area contributed by atoms with E-state index in [9.17, 15) is 26.7 Å². The molecule has 3 rings (SSSR count). The number of aryl methyl sites for hydroxylation is 1. The summed E-state index contributed by atoms with van der Waals surface area (Å²) >= 11 is 0. The second-order valence-corrected chi connectivity index (χ2v) is 7.51. The quantitative estimate of drug-likeness (QED) is 0.249. The number of halogens is 5. The number of carbonyl (C=O) groups excluding carboxylic acids is 1. The molecule has 0 aliphatic carbocycles. The molecule has 0 saturated carbocycles. The first-order valence-electron chi connectivity index (χ1n) is 10.6. The van der Waals surface area contributed by atoms with Gasteiger partial charge in [-0.1, -0.05) is 30.3 Å². The number of carbonyl (C=O) groups is 1. The van der Waals surface area contributed by atoms with E-state index in [1.54, 1.807) is 31.2 Å². The van der Waals surface area contributed by atoms with Crippen LogP contribution in [0, 0.1) is 0 Å². The van der Waals surface area contributed by atoms with Gasteiger partial charge in [-0.2, -0.15) is 13.2 Å². The van der Waals surface area contributed by atoms with Gasteiger partial charge >= 0.3 is 12.1 Å². The topological polar surface area (TPSA) is 35.5 Å². The Morgan fingerprint density at radius 1 is 0.941 bits per heavy atom. The Morgan fingerprint density at radius 2 is 1.65 bits per heavy atom. The fourth-order valence-corrected chi connectivity index (χ4v) is 3.69. The van der Waals surface area contributed by atoms with E-state index >= 15 is 0 Å². The minimum absolute atomic E-state index is 0.0198. The summed E-state index contributed by atoms with van der Waals surface area (Å²) in [4.78, 5) is 11.8. The number of methoxy groups -OCH3 is 1. The van der Waals surface area contributed by atoms with E-state index in [0.717, 1.165) is 12.1 Å². The molecule has 0 aliphatic rings. The highest BCUT2D eigenvalue weighted by Gasteiger charge is 2.30. The number of ether oxygens (including phenoxy) is 2. The van der Waals surface area contributed by atoms with Crippen LogP contribution in [-0.2, 0) is 22.1 Å². The maximum Gasteiger partial charge on any atom is 0.416 e. The average Bonchev–Trinajstić information content (AvgIpc) is 2.82. The zero-order valence-electron chi connectivity index (χ0n) is 18.6. The standard InChI is InChI=1S/C26H23F5O3/c1-3-34-24(32)12-8-17-14-20(33-2)9-11-21(17)18-7-10-22(23(15-18)25(27)28)16-5-4-6-19(13-16)26(29,30)31/h4-7,9-11,13-15,25H,3,8,12H2,1-2H3. The lowest BCUT2D eigenvalue weighted by Crippen LogP contribution is -2.06. The molecule has 34 heavy (non-hydrogen) atoms. The molecule has 0 heterocycles. The third kappa shape index (κ3) is 5.92. The van der Waals surface area contributed by atoms with Crippen LogP contribution in [0.3, 0.4) is 0 Å². The predicted octanol–water partition coefficient (Wildman–Crippen LogP) is 7.48. The summed E-state index contributed by atoms with van der Waals surface area (Å²) < 4.78 is 77.6. The van der Waals surface area contributed by atoms with Crippen molar-refractivity contribution in [2.75, 3.05) is 13.7 Å². The first-order valence-corrected chi connectivity index (χ1v) is 10.6. The zero-order valence-corrected chi connectivity index (χ0v) is 18.6. The van der Waals surface area contributed by atoms with Gasteiger partial charge in [-0.15, -0.1) is 0 Å². The molecule has 0 saturated heterocycles. The van der Waals surface area contributed by atoms with Gasteiger partial charge in [0.25, 0.3) is 6.43 Å². The highest BCUT2D eigenvalue weighted by molar-refractivity contribution is 5.77. The monoisotopic (exact) mass is 478 g/mol. The van der Waals surface area contributed by atoms with Crippen LogP contribution < -0.4 is 4.74 Å². The van der Waals surface area contributed by atoms with Crippen molar-refractivity contribution in [3.8, 4) is 28.0 Å². The molecule has 0 radical (unpaired) electrons. The molecule has 0 fully saturated rings. The number of alkyl halides is 5. The van der Waals surface area contributed by atoms with E-state index in [1.807, 2.05) is 0 Å². The predicted molar refractivity (Wildman–Crippen MR) is 119 cm³/mol. The van der Waals surface area contributed by atoms with Crippen molar-refractivity contribution in [1.29, 1.82) is 0 Å². The maximum atomic E-state index is 14.0. The molecule has 0 spiro atoms. The number of rotatable bonds is 8. The Bertz CT molecular complexity index is 1160. The minimum atomic E-state index is -4.59. The van der Waals surface area contributed by atoms with E-state index in [4.69, 9.17) is 9.47 Å². The van der Waals surface area contributed by atoms with Gasteiger partial charge < -0.3 is 9.47 Å². The van der Waals surface area contributed by atoms with Gasteiger partial charge in [-0.3, -0.25) is 4.79 Å².